The summed E-state index contributed by atoms with van der Waals surface area (Å²) in [6, 6.07) is 5.58. The zero-order chi connectivity index (χ0) is 12.8. The predicted octanol–water partition coefficient (Wildman–Crippen LogP) is 3.32. The first kappa shape index (κ1) is 13.6. The van der Waals surface area contributed by atoms with Crippen molar-refractivity contribution in [1.29, 1.82) is 0 Å². The summed E-state index contributed by atoms with van der Waals surface area (Å²) >= 11 is 0. The fraction of sp³-hybridized carbons (Fsp3) is 0.500. The van der Waals surface area contributed by atoms with Gasteiger partial charge >= 0.3 is 5.97 Å². The number of benzene rings is 1. The van der Waals surface area contributed by atoms with Gasteiger partial charge in [-0.05, 0) is 25.5 Å². The Morgan fingerprint density at radius 2 is 2.06 bits per heavy atom. The number of unbranched alkanes of at least 4 members (excludes halogenated alkanes) is 2. The van der Waals surface area contributed by atoms with E-state index in [0.717, 1.165) is 24.2 Å². The lowest BCUT2D eigenvalue weighted by Gasteiger charge is -2.21. The first-order chi connectivity index (χ1) is 8.06. The maximum Gasteiger partial charge on any atom is 0.337 e. The summed E-state index contributed by atoms with van der Waals surface area (Å²) < 4.78 is 0. The van der Waals surface area contributed by atoms with Crippen LogP contribution in [0.5, 0.6) is 0 Å². The van der Waals surface area contributed by atoms with Crippen LogP contribution in [0.1, 0.15) is 42.1 Å². The van der Waals surface area contributed by atoms with E-state index in [4.69, 9.17) is 0 Å². The Morgan fingerprint density at radius 3 is 2.65 bits per heavy atom. The van der Waals surface area contributed by atoms with E-state index in [-0.39, 0.29) is 0 Å². The van der Waals surface area contributed by atoms with Crippen LogP contribution in [0.25, 0.3) is 0 Å². The largest absolute Gasteiger partial charge is 0.478 e. The van der Waals surface area contributed by atoms with Crippen molar-refractivity contribution in [2.75, 3.05) is 18.5 Å². The smallest absolute Gasteiger partial charge is 0.337 e. The molecule has 0 heterocycles. The molecule has 0 aromatic heterocycles. The maximum absolute atomic E-state index is 11.2. The van der Waals surface area contributed by atoms with Crippen molar-refractivity contribution in [3.8, 4) is 0 Å². The van der Waals surface area contributed by atoms with Gasteiger partial charge in [0.25, 0.3) is 0 Å². The van der Waals surface area contributed by atoms with Gasteiger partial charge in [0.15, 0.2) is 0 Å². The summed E-state index contributed by atoms with van der Waals surface area (Å²) in [5, 5.41) is 9.18. The molecule has 1 aromatic carbocycles. The minimum Gasteiger partial charge on any atom is -0.478 e. The monoisotopic (exact) mass is 235 g/mol. The predicted molar refractivity (Wildman–Crippen MR) is 70.9 cm³/mol. The average Bonchev–Trinajstić information content (AvgIpc) is 2.29. The van der Waals surface area contributed by atoms with Gasteiger partial charge in [0.05, 0.1) is 11.3 Å². The average molecular weight is 235 g/mol. The molecular formula is C14H21NO2. The number of carboxylic acids is 1. The summed E-state index contributed by atoms with van der Waals surface area (Å²) in [4.78, 5) is 13.2. The molecule has 0 atom stereocenters. The van der Waals surface area contributed by atoms with Gasteiger partial charge in [0, 0.05) is 13.6 Å². The number of hydrogen-bond acceptors (Lipinski definition) is 2. The Balaban J connectivity index is 2.84. The number of carbonyl (C=O) groups is 1. The highest BCUT2D eigenvalue weighted by atomic mass is 16.4. The summed E-state index contributed by atoms with van der Waals surface area (Å²) in [6.07, 6.45) is 3.45. The summed E-state index contributed by atoms with van der Waals surface area (Å²) in [7, 11) is 1.95. The van der Waals surface area contributed by atoms with Gasteiger partial charge in [0.2, 0.25) is 0 Å². The molecule has 94 valence electrons. The van der Waals surface area contributed by atoms with Crippen molar-refractivity contribution in [3.05, 3.63) is 29.3 Å². The van der Waals surface area contributed by atoms with Crippen LogP contribution >= 0.6 is 0 Å². The van der Waals surface area contributed by atoms with Crippen LogP contribution in [-0.4, -0.2) is 24.7 Å². The van der Waals surface area contributed by atoms with E-state index in [1.165, 1.54) is 12.8 Å². The Labute approximate surface area is 103 Å². The van der Waals surface area contributed by atoms with Crippen LogP contribution in [0.15, 0.2) is 18.2 Å². The molecule has 1 rings (SSSR count). The third kappa shape index (κ3) is 3.77. The van der Waals surface area contributed by atoms with Crippen molar-refractivity contribution >= 4 is 11.7 Å². The van der Waals surface area contributed by atoms with Gasteiger partial charge in [-0.15, -0.1) is 0 Å². The zero-order valence-electron chi connectivity index (χ0n) is 10.9. The third-order valence-corrected chi connectivity index (χ3v) is 2.89. The highest BCUT2D eigenvalue weighted by Gasteiger charge is 2.13. The minimum atomic E-state index is -0.856. The van der Waals surface area contributed by atoms with Gasteiger partial charge in [0.1, 0.15) is 0 Å². The van der Waals surface area contributed by atoms with E-state index >= 15 is 0 Å². The quantitative estimate of drug-likeness (QED) is 0.769. The Bertz CT molecular complexity index is 388. The lowest BCUT2D eigenvalue weighted by molar-refractivity contribution is 0.0697. The molecule has 0 aliphatic heterocycles. The maximum atomic E-state index is 11.2. The van der Waals surface area contributed by atoms with E-state index in [1.807, 2.05) is 31.0 Å². The first-order valence-corrected chi connectivity index (χ1v) is 6.11. The van der Waals surface area contributed by atoms with Crippen LogP contribution in [0, 0.1) is 6.92 Å². The molecule has 0 fully saturated rings. The number of nitrogens with zero attached hydrogens (tertiary/aromatic N) is 1. The molecule has 0 saturated carbocycles. The molecule has 3 nitrogen and oxygen atoms in total. The minimum absolute atomic E-state index is 0.393. The summed E-state index contributed by atoms with van der Waals surface area (Å²) in [5.41, 5.74) is 2.18. The number of rotatable bonds is 6. The molecule has 1 N–H and O–H groups in total. The number of anilines is 1. The molecule has 0 spiro atoms. The van der Waals surface area contributed by atoms with Crippen molar-refractivity contribution in [3.63, 3.8) is 0 Å². The molecular weight excluding hydrogens is 214 g/mol. The Morgan fingerprint density at radius 1 is 1.35 bits per heavy atom. The van der Waals surface area contributed by atoms with Crippen LogP contribution in [0.2, 0.25) is 0 Å². The summed E-state index contributed by atoms with van der Waals surface area (Å²) in [6.45, 7) is 4.97. The number of aryl methyl sites for hydroxylation is 1. The van der Waals surface area contributed by atoms with Gasteiger partial charge in [-0.3, -0.25) is 0 Å². The molecule has 0 aliphatic rings. The second-order valence-electron chi connectivity index (χ2n) is 4.45. The second-order valence-corrected chi connectivity index (χ2v) is 4.45. The van der Waals surface area contributed by atoms with E-state index in [2.05, 4.69) is 6.92 Å². The highest BCUT2D eigenvalue weighted by Crippen LogP contribution is 2.21. The Kier molecular flexibility index (Phi) is 5.01. The van der Waals surface area contributed by atoms with Crippen molar-refractivity contribution in [2.45, 2.75) is 33.1 Å². The molecule has 0 amide bonds. The molecule has 0 saturated heterocycles. The standard InChI is InChI=1S/C14H21NO2/c1-4-5-6-9-15(3)13-8-7-11(2)10-12(13)14(16)17/h7-8,10H,4-6,9H2,1-3H3,(H,16,17). The number of carboxylic acid groups (broad SMARTS) is 1. The van der Waals surface area contributed by atoms with Crippen molar-refractivity contribution in [1.82, 2.24) is 0 Å². The van der Waals surface area contributed by atoms with E-state index in [9.17, 15) is 9.90 Å². The fourth-order valence-corrected chi connectivity index (χ4v) is 1.87. The highest BCUT2D eigenvalue weighted by molar-refractivity contribution is 5.94. The molecule has 1 aromatic rings. The Hall–Kier alpha value is -1.51. The van der Waals surface area contributed by atoms with Gasteiger partial charge in [-0.25, -0.2) is 4.79 Å². The van der Waals surface area contributed by atoms with Crippen LogP contribution < -0.4 is 4.90 Å². The van der Waals surface area contributed by atoms with Crippen LogP contribution in [-0.2, 0) is 0 Å². The molecule has 0 unspecified atom stereocenters. The van der Waals surface area contributed by atoms with Crippen LogP contribution in [0.4, 0.5) is 5.69 Å². The molecule has 3 heteroatoms. The second kappa shape index (κ2) is 6.28. The molecule has 0 bridgehead atoms. The van der Waals surface area contributed by atoms with Crippen molar-refractivity contribution in [2.24, 2.45) is 0 Å². The zero-order valence-corrected chi connectivity index (χ0v) is 10.9. The van der Waals surface area contributed by atoms with E-state index in [1.54, 1.807) is 6.07 Å². The van der Waals surface area contributed by atoms with E-state index < -0.39 is 5.97 Å². The number of hydrogen-bond donors (Lipinski definition) is 1. The normalized spacial score (nSPS) is 10.3. The topological polar surface area (TPSA) is 40.5 Å². The first-order valence-electron chi connectivity index (χ1n) is 6.11. The lowest BCUT2D eigenvalue weighted by Crippen LogP contribution is -2.21. The van der Waals surface area contributed by atoms with Gasteiger partial charge in [-0.1, -0.05) is 31.4 Å². The fourth-order valence-electron chi connectivity index (χ4n) is 1.87. The molecule has 0 aliphatic carbocycles. The van der Waals surface area contributed by atoms with Gasteiger partial charge < -0.3 is 10.0 Å². The molecule has 17 heavy (non-hydrogen) atoms. The van der Waals surface area contributed by atoms with Gasteiger partial charge in [-0.2, -0.15) is 0 Å². The summed E-state index contributed by atoms with van der Waals surface area (Å²) in [5.74, 6) is -0.856. The van der Waals surface area contributed by atoms with Crippen LogP contribution in [0.3, 0.4) is 0 Å². The van der Waals surface area contributed by atoms with E-state index in [0.29, 0.717) is 5.56 Å². The molecule has 0 radical (unpaired) electrons. The number of aromatic carboxylic acids is 1. The SMILES string of the molecule is CCCCCN(C)c1ccc(C)cc1C(=O)O. The third-order valence-electron chi connectivity index (χ3n) is 2.89. The van der Waals surface area contributed by atoms with Crippen molar-refractivity contribution < 1.29 is 9.90 Å². The lowest BCUT2D eigenvalue weighted by atomic mass is 10.1.